The van der Waals surface area contributed by atoms with Crippen molar-refractivity contribution < 1.29 is 4.39 Å². The lowest BCUT2D eigenvalue weighted by molar-refractivity contribution is 0.628. The summed E-state index contributed by atoms with van der Waals surface area (Å²) in [7, 11) is 0. The van der Waals surface area contributed by atoms with E-state index in [-0.39, 0.29) is 11.4 Å². The lowest BCUT2D eigenvalue weighted by Crippen LogP contribution is -2.10. The van der Waals surface area contributed by atoms with Crippen molar-refractivity contribution in [3.05, 3.63) is 52.3 Å². The van der Waals surface area contributed by atoms with E-state index in [0.717, 1.165) is 29.9 Å². The minimum Gasteiger partial charge on any atom is -0.349 e. The highest BCUT2D eigenvalue weighted by Gasteiger charge is 2.26. The van der Waals surface area contributed by atoms with Crippen molar-refractivity contribution in [2.45, 2.75) is 18.8 Å². The Balaban J connectivity index is 1.87. The first-order chi connectivity index (χ1) is 9.70. The van der Waals surface area contributed by atoms with Crippen LogP contribution in [-0.4, -0.2) is 15.0 Å². The Morgan fingerprint density at radius 2 is 1.90 bits per heavy atom. The molecule has 0 bridgehead atoms. The number of benzene rings is 1. The molecule has 3 aromatic rings. The number of nitrogens with zero attached hydrogens (tertiary/aromatic N) is 1. The number of H-pyrrole nitrogens is 2. The van der Waals surface area contributed by atoms with Gasteiger partial charge in [0.05, 0.1) is 5.52 Å². The van der Waals surface area contributed by atoms with Crippen LogP contribution in [0.4, 0.5) is 4.39 Å². The molecule has 1 saturated carbocycles. The molecule has 2 N–H and O–H groups in total. The van der Waals surface area contributed by atoms with Gasteiger partial charge in [-0.1, -0.05) is 0 Å². The molecule has 5 heteroatoms. The van der Waals surface area contributed by atoms with Crippen molar-refractivity contribution in [2.75, 3.05) is 0 Å². The average molecular weight is 269 g/mol. The summed E-state index contributed by atoms with van der Waals surface area (Å²) in [6.45, 7) is 0. The van der Waals surface area contributed by atoms with Crippen LogP contribution in [0.1, 0.15) is 24.6 Å². The third-order valence-corrected chi connectivity index (χ3v) is 3.63. The molecule has 2 aromatic heterocycles. The highest BCUT2D eigenvalue weighted by Crippen LogP contribution is 2.38. The maximum absolute atomic E-state index is 12.9. The summed E-state index contributed by atoms with van der Waals surface area (Å²) < 4.78 is 12.9. The fourth-order valence-electron chi connectivity index (χ4n) is 2.38. The normalized spacial score (nSPS) is 14.8. The van der Waals surface area contributed by atoms with E-state index in [9.17, 15) is 9.18 Å². The summed E-state index contributed by atoms with van der Waals surface area (Å²) in [5, 5.41) is 0. The van der Waals surface area contributed by atoms with Gasteiger partial charge in [-0.25, -0.2) is 9.37 Å². The fraction of sp³-hybridized carbons (Fsp3) is 0.200. The second-order valence-electron chi connectivity index (χ2n) is 5.18. The molecule has 100 valence electrons. The largest absolute Gasteiger partial charge is 0.349 e. The number of aromatic amines is 2. The second-order valence-corrected chi connectivity index (χ2v) is 5.18. The molecule has 1 aliphatic carbocycles. The maximum atomic E-state index is 12.9. The van der Waals surface area contributed by atoms with E-state index in [4.69, 9.17) is 0 Å². The van der Waals surface area contributed by atoms with E-state index in [2.05, 4.69) is 15.0 Å². The second kappa shape index (κ2) is 4.03. The van der Waals surface area contributed by atoms with Crippen LogP contribution in [0.5, 0.6) is 0 Å². The van der Waals surface area contributed by atoms with Gasteiger partial charge in [0, 0.05) is 11.6 Å². The van der Waals surface area contributed by atoms with Gasteiger partial charge in [-0.05, 0) is 48.7 Å². The van der Waals surface area contributed by atoms with Crippen LogP contribution in [0.25, 0.3) is 22.3 Å². The van der Waals surface area contributed by atoms with Gasteiger partial charge < -0.3 is 9.97 Å². The van der Waals surface area contributed by atoms with Crippen molar-refractivity contribution in [1.82, 2.24) is 15.0 Å². The zero-order chi connectivity index (χ0) is 13.7. The SMILES string of the molecule is O=c1[nH]c(C2CC2)nc2cc(-c3ccc(F)cc3)[nH]c12. The third-order valence-electron chi connectivity index (χ3n) is 3.63. The molecule has 0 unspecified atom stereocenters. The molecule has 20 heavy (non-hydrogen) atoms. The van der Waals surface area contributed by atoms with E-state index < -0.39 is 0 Å². The number of rotatable bonds is 2. The number of aromatic nitrogens is 3. The molecule has 0 aliphatic heterocycles. The third kappa shape index (κ3) is 1.82. The van der Waals surface area contributed by atoms with Crippen LogP contribution in [0.15, 0.2) is 35.1 Å². The first kappa shape index (κ1) is 11.4. The molecule has 1 fully saturated rings. The molecule has 0 radical (unpaired) electrons. The van der Waals surface area contributed by atoms with Crippen LogP contribution in [0.3, 0.4) is 0 Å². The Hall–Kier alpha value is -2.43. The molecule has 4 rings (SSSR count). The van der Waals surface area contributed by atoms with Gasteiger partial charge in [0.1, 0.15) is 17.2 Å². The van der Waals surface area contributed by atoms with Gasteiger partial charge in [0.2, 0.25) is 0 Å². The van der Waals surface area contributed by atoms with Crippen molar-refractivity contribution >= 4 is 11.0 Å². The smallest absolute Gasteiger partial charge is 0.275 e. The van der Waals surface area contributed by atoms with Crippen LogP contribution in [0.2, 0.25) is 0 Å². The maximum Gasteiger partial charge on any atom is 0.275 e. The average Bonchev–Trinajstić information content (AvgIpc) is 3.19. The standard InChI is InChI=1S/C15H12FN3O/c16-10-5-3-8(4-6-10)11-7-12-13(17-11)15(20)19-14(18-12)9-1-2-9/h3-7,9,17H,1-2H2,(H,18,19,20). The summed E-state index contributed by atoms with van der Waals surface area (Å²) in [6.07, 6.45) is 2.17. The van der Waals surface area contributed by atoms with Gasteiger partial charge in [0.25, 0.3) is 5.56 Å². The van der Waals surface area contributed by atoms with E-state index in [0.29, 0.717) is 17.0 Å². The highest BCUT2D eigenvalue weighted by atomic mass is 19.1. The van der Waals surface area contributed by atoms with Crippen molar-refractivity contribution in [3.63, 3.8) is 0 Å². The molecule has 4 nitrogen and oxygen atoms in total. The Bertz CT molecular complexity index is 844. The molecular weight excluding hydrogens is 257 g/mol. The topological polar surface area (TPSA) is 61.5 Å². The number of halogens is 1. The summed E-state index contributed by atoms with van der Waals surface area (Å²) in [5.41, 5.74) is 2.58. The van der Waals surface area contributed by atoms with Gasteiger partial charge in [-0.2, -0.15) is 0 Å². The van der Waals surface area contributed by atoms with Gasteiger partial charge in [-0.15, -0.1) is 0 Å². The minimum atomic E-state index is -0.281. The van der Waals surface area contributed by atoms with Crippen molar-refractivity contribution in [1.29, 1.82) is 0 Å². The summed E-state index contributed by atoms with van der Waals surface area (Å²) >= 11 is 0. The molecule has 1 aromatic carbocycles. The molecule has 1 aliphatic rings. The highest BCUT2D eigenvalue weighted by molar-refractivity contribution is 5.81. The Morgan fingerprint density at radius 1 is 1.15 bits per heavy atom. The Kier molecular flexibility index (Phi) is 2.30. The quantitative estimate of drug-likeness (QED) is 0.751. The number of hydrogen-bond acceptors (Lipinski definition) is 2. The summed E-state index contributed by atoms with van der Waals surface area (Å²) in [5.74, 6) is 0.889. The zero-order valence-electron chi connectivity index (χ0n) is 10.6. The molecule has 0 saturated heterocycles. The van der Waals surface area contributed by atoms with E-state index in [1.807, 2.05) is 6.07 Å². The van der Waals surface area contributed by atoms with Gasteiger partial charge >= 0.3 is 0 Å². The van der Waals surface area contributed by atoms with E-state index in [1.165, 1.54) is 12.1 Å². The molecular formula is C15H12FN3O. The number of nitrogens with one attached hydrogen (secondary N) is 2. The fourth-order valence-corrected chi connectivity index (χ4v) is 2.38. The lowest BCUT2D eigenvalue weighted by Gasteiger charge is -1.96. The van der Waals surface area contributed by atoms with E-state index >= 15 is 0 Å². The van der Waals surface area contributed by atoms with Crippen LogP contribution < -0.4 is 5.56 Å². The molecule has 0 atom stereocenters. The lowest BCUT2D eigenvalue weighted by atomic mass is 10.1. The zero-order valence-corrected chi connectivity index (χ0v) is 10.6. The molecule has 0 spiro atoms. The number of fused-ring (bicyclic) bond motifs is 1. The van der Waals surface area contributed by atoms with Crippen molar-refractivity contribution in [2.24, 2.45) is 0 Å². The van der Waals surface area contributed by atoms with Gasteiger partial charge in [0.15, 0.2) is 0 Å². The Labute approximate surface area is 113 Å². The predicted octanol–water partition coefficient (Wildman–Crippen LogP) is 2.93. The molecule has 0 amide bonds. The minimum absolute atomic E-state index is 0.148. The molecule has 2 heterocycles. The van der Waals surface area contributed by atoms with Crippen LogP contribution in [-0.2, 0) is 0 Å². The van der Waals surface area contributed by atoms with Crippen LogP contribution >= 0.6 is 0 Å². The first-order valence-corrected chi connectivity index (χ1v) is 6.59. The number of hydrogen-bond donors (Lipinski definition) is 2. The van der Waals surface area contributed by atoms with E-state index in [1.54, 1.807) is 12.1 Å². The van der Waals surface area contributed by atoms with Crippen molar-refractivity contribution in [3.8, 4) is 11.3 Å². The van der Waals surface area contributed by atoms with Gasteiger partial charge in [-0.3, -0.25) is 4.79 Å². The summed E-state index contributed by atoms with van der Waals surface area (Å²) in [4.78, 5) is 22.4. The Morgan fingerprint density at radius 3 is 2.60 bits per heavy atom. The van der Waals surface area contributed by atoms with Crippen LogP contribution in [0, 0.1) is 5.82 Å². The first-order valence-electron chi connectivity index (χ1n) is 6.59. The predicted molar refractivity (Wildman–Crippen MR) is 74.1 cm³/mol. The monoisotopic (exact) mass is 269 g/mol. The summed E-state index contributed by atoms with van der Waals surface area (Å²) in [6, 6.07) is 7.98.